The van der Waals surface area contributed by atoms with Crippen LogP contribution in [0.4, 0.5) is 0 Å². The maximum atomic E-state index is 12.4. The van der Waals surface area contributed by atoms with Crippen LogP contribution in [0.25, 0.3) is 6.08 Å². The van der Waals surface area contributed by atoms with E-state index in [-0.39, 0.29) is 17.5 Å². The molecule has 3 heteroatoms. The Hall–Kier alpha value is -1.61. The number of allylic oxidation sites excluding steroid dienone is 1. The summed E-state index contributed by atoms with van der Waals surface area (Å²) in [5.41, 5.74) is 0.848. The van der Waals surface area contributed by atoms with Crippen LogP contribution < -0.4 is 0 Å². The van der Waals surface area contributed by atoms with E-state index in [1.54, 1.807) is 30.4 Å². The number of hydrogen-bond acceptors (Lipinski definition) is 3. The van der Waals surface area contributed by atoms with Crippen LogP contribution in [0.3, 0.4) is 0 Å². The van der Waals surface area contributed by atoms with Gasteiger partial charge >= 0.3 is 0 Å². The van der Waals surface area contributed by atoms with Crippen LogP contribution >= 0.6 is 0 Å². The van der Waals surface area contributed by atoms with Gasteiger partial charge in [-0.25, -0.2) is 0 Å². The highest BCUT2D eigenvalue weighted by atomic mass is 16.3. The molecule has 0 aliphatic rings. The molecule has 1 rings (SSSR count). The summed E-state index contributed by atoms with van der Waals surface area (Å²) >= 11 is 0. The predicted molar refractivity (Wildman–Crippen MR) is 88.3 cm³/mol. The molecule has 0 spiro atoms. The summed E-state index contributed by atoms with van der Waals surface area (Å²) in [6.45, 7) is 2.96. The molecular weight excluding hydrogens is 262 g/mol. The molecule has 3 nitrogen and oxygen atoms in total. The molecule has 0 saturated heterocycles. The van der Waals surface area contributed by atoms with E-state index in [0.717, 1.165) is 24.9 Å². The summed E-state index contributed by atoms with van der Waals surface area (Å²) in [7, 11) is 4.00. The van der Waals surface area contributed by atoms with Gasteiger partial charge in [-0.15, -0.1) is 0 Å². The SMILES string of the molecule is CCCCC[C@H](CN(C)C)C(=O)/C=C/c1cccc(O)c1. The van der Waals surface area contributed by atoms with Crippen LogP contribution in [0, 0.1) is 5.92 Å². The van der Waals surface area contributed by atoms with Crippen molar-refractivity contribution in [3.63, 3.8) is 0 Å². The van der Waals surface area contributed by atoms with E-state index in [0.29, 0.717) is 0 Å². The van der Waals surface area contributed by atoms with Gasteiger partial charge in [0, 0.05) is 12.5 Å². The molecule has 116 valence electrons. The first-order valence-electron chi connectivity index (χ1n) is 7.68. The van der Waals surface area contributed by atoms with E-state index in [2.05, 4.69) is 11.8 Å². The summed E-state index contributed by atoms with van der Waals surface area (Å²) in [5.74, 6) is 0.445. The van der Waals surface area contributed by atoms with Gasteiger partial charge < -0.3 is 10.0 Å². The first-order chi connectivity index (χ1) is 10.0. The van der Waals surface area contributed by atoms with Gasteiger partial charge in [-0.3, -0.25) is 4.79 Å². The molecule has 0 amide bonds. The average molecular weight is 289 g/mol. The molecule has 0 fully saturated rings. The summed E-state index contributed by atoms with van der Waals surface area (Å²) in [5, 5.41) is 9.42. The number of rotatable bonds is 9. The highest BCUT2D eigenvalue weighted by molar-refractivity contribution is 5.95. The molecule has 0 radical (unpaired) electrons. The van der Waals surface area contributed by atoms with Gasteiger partial charge in [0.25, 0.3) is 0 Å². The third-order valence-corrected chi connectivity index (χ3v) is 3.45. The Morgan fingerprint density at radius 1 is 1.33 bits per heavy atom. The number of hydrogen-bond donors (Lipinski definition) is 1. The highest BCUT2D eigenvalue weighted by Crippen LogP contribution is 2.15. The Balaban J connectivity index is 2.66. The molecule has 0 unspecified atom stereocenters. The van der Waals surface area contributed by atoms with Crippen molar-refractivity contribution in [1.82, 2.24) is 4.90 Å². The summed E-state index contributed by atoms with van der Waals surface area (Å²) in [6.07, 6.45) is 7.81. The minimum Gasteiger partial charge on any atom is -0.508 e. The molecule has 0 aliphatic heterocycles. The molecule has 0 bridgehead atoms. The topological polar surface area (TPSA) is 40.5 Å². The van der Waals surface area contributed by atoms with Gasteiger partial charge in [-0.1, -0.05) is 44.4 Å². The van der Waals surface area contributed by atoms with Gasteiger partial charge in [0.15, 0.2) is 5.78 Å². The van der Waals surface area contributed by atoms with Gasteiger partial charge in [-0.2, -0.15) is 0 Å². The molecule has 0 aliphatic carbocycles. The molecule has 0 heterocycles. The van der Waals surface area contributed by atoms with Gasteiger partial charge in [0.1, 0.15) is 5.75 Å². The largest absolute Gasteiger partial charge is 0.508 e. The van der Waals surface area contributed by atoms with E-state index < -0.39 is 0 Å². The second-order valence-corrected chi connectivity index (χ2v) is 5.79. The maximum absolute atomic E-state index is 12.4. The fourth-order valence-electron chi connectivity index (χ4n) is 2.35. The van der Waals surface area contributed by atoms with Crippen LogP contribution in [-0.2, 0) is 4.79 Å². The van der Waals surface area contributed by atoms with Crippen molar-refractivity contribution in [2.24, 2.45) is 5.92 Å². The third kappa shape index (κ3) is 7.09. The Morgan fingerprint density at radius 3 is 2.71 bits per heavy atom. The summed E-state index contributed by atoms with van der Waals surface area (Å²) < 4.78 is 0. The Kier molecular flexibility index (Phi) is 7.76. The summed E-state index contributed by atoms with van der Waals surface area (Å²) in [6, 6.07) is 6.93. The molecule has 21 heavy (non-hydrogen) atoms. The standard InChI is InChI=1S/C18H27NO2/c1-4-5-6-9-16(14-19(2)3)18(21)12-11-15-8-7-10-17(20)13-15/h7-8,10-13,16,20H,4-6,9,14H2,1-3H3/b12-11+/t16-/m1/s1. The molecular formula is C18H27NO2. The lowest BCUT2D eigenvalue weighted by Crippen LogP contribution is -2.27. The number of carbonyl (C=O) groups is 1. The molecule has 0 saturated carbocycles. The van der Waals surface area contributed by atoms with Crippen LogP contribution in [-0.4, -0.2) is 36.4 Å². The number of unbranched alkanes of at least 4 members (excludes halogenated alkanes) is 2. The molecule has 1 N–H and O–H groups in total. The van der Waals surface area contributed by atoms with Crippen molar-refractivity contribution in [2.75, 3.05) is 20.6 Å². The third-order valence-electron chi connectivity index (χ3n) is 3.45. The lowest BCUT2D eigenvalue weighted by atomic mass is 9.95. The fraction of sp³-hybridized carbons (Fsp3) is 0.500. The normalized spacial score (nSPS) is 13.0. The zero-order chi connectivity index (χ0) is 15.7. The van der Waals surface area contributed by atoms with Crippen LogP contribution in [0.5, 0.6) is 5.75 Å². The molecule has 1 aromatic carbocycles. The number of aromatic hydroxyl groups is 1. The van der Waals surface area contributed by atoms with E-state index in [1.807, 2.05) is 20.2 Å². The van der Waals surface area contributed by atoms with E-state index >= 15 is 0 Å². The first kappa shape index (κ1) is 17.4. The van der Waals surface area contributed by atoms with Crippen molar-refractivity contribution < 1.29 is 9.90 Å². The zero-order valence-corrected chi connectivity index (χ0v) is 13.4. The second kappa shape index (κ2) is 9.35. The quantitative estimate of drug-likeness (QED) is 0.556. The van der Waals surface area contributed by atoms with Gasteiger partial charge in [-0.05, 0) is 44.3 Å². The first-order valence-corrected chi connectivity index (χ1v) is 7.68. The van der Waals surface area contributed by atoms with E-state index in [9.17, 15) is 9.90 Å². The monoisotopic (exact) mass is 289 g/mol. The van der Waals surface area contributed by atoms with Crippen LogP contribution in [0.2, 0.25) is 0 Å². The van der Waals surface area contributed by atoms with Crippen molar-refractivity contribution >= 4 is 11.9 Å². The minimum absolute atomic E-state index is 0.0557. The predicted octanol–water partition coefficient (Wildman–Crippen LogP) is 3.73. The lowest BCUT2D eigenvalue weighted by Gasteiger charge is -2.18. The second-order valence-electron chi connectivity index (χ2n) is 5.79. The molecule has 1 atom stereocenters. The minimum atomic E-state index is 0.0557. The number of benzene rings is 1. The highest BCUT2D eigenvalue weighted by Gasteiger charge is 2.16. The number of ketones is 1. The zero-order valence-electron chi connectivity index (χ0n) is 13.4. The van der Waals surface area contributed by atoms with Gasteiger partial charge in [0.05, 0.1) is 0 Å². The number of nitrogens with zero attached hydrogens (tertiary/aromatic N) is 1. The number of phenolic OH excluding ortho intramolecular Hbond substituents is 1. The van der Waals surface area contributed by atoms with Crippen molar-refractivity contribution in [3.8, 4) is 5.75 Å². The smallest absolute Gasteiger partial charge is 0.160 e. The Bertz CT molecular complexity index is 466. The van der Waals surface area contributed by atoms with Gasteiger partial charge in [0.2, 0.25) is 0 Å². The Morgan fingerprint density at radius 2 is 2.10 bits per heavy atom. The maximum Gasteiger partial charge on any atom is 0.160 e. The number of phenols is 1. The van der Waals surface area contributed by atoms with E-state index in [4.69, 9.17) is 0 Å². The lowest BCUT2D eigenvalue weighted by molar-refractivity contribution is -0.118. The molecule has 0 aromatic heterocycles. The average Bonchev–Trinajstić information content (AvgIpc) is 2.43. The van der Waals surface area contributed by atoms with Crippen molar-refractivity contribution in [1.29, 1.82) is 0 Å². The Labute approximate surface area is 128 Å². The molecule has 1 aromatic rings. The van der Waals surface area contributed by atoms with E-state index in [1.165, 1.54) is 12.8 Å². The van der Waals surface area contributed by atoms with Crippen LogP contribution in [0.1, 0.15) is 38.2 Å². The van der Waals surface area contributed by atoms with Crippen LogP contribution in [0.15, 0.2) is 30.3 Å². The fourth-order valence-corrected chi connectivity index (χ4v) is 2.35. The number of carbonyl (C=O) groups excluding carboxylic acids is 1. The van der Waals surface area contributed by atoms with Crippen molar-refractivity contribution in [3.05, 3.63) is 35.9 Å². The van der Waals surface area contributed by atoms with Crippen molar-refractivity contribution in [2.45, 2.75) is 32.6 Å². The summed E-state index contributed by atoms with van der Waals surface area (Å²) in [4.78, 5) is 14.4.